The molecule has 1 N–H and O–H groups in total. The minimum absolute atomic E-state index is 0.0160. The van der Waals surface area contributed by atoms with Crippen LogP contribution in [-0.4, -0.2) is 10.9 Å². The molecule has 17 heavy (non-hydrogen) atoms. The fourth-order valence-electron chi connectivity index (χ4n) is 1.23. The first-order valence-electron chi connectivity index (χ1n) is 5.70. The van der Waals surface area contributed by atoms with Crippen LogP contribution >= 0.6 is 15.9 Å². The number of nitrogens with one attached hydrogen (secondary N) is 1. The minimum atomic E-state index is 0.0160. The third-order valence-corrected chi connectivity index (χ3v) is 3.43. The van der Waals surface area contributed by atoms with E-state index in [9.17, 15) is 4.79 Å². The average Bonchev–Trinajstić information content (AvgIpc) is 2.20. The highest BCUT2D eigenvalue weighted by atomic mass is 79.9. The van der Waals surface area contributed by atoms with Crippen LogP contribution in [0.2, 0.25) is 0 Å². The summed E-state index contributed by atoms with van der Waals surface area (Å²) in [6, 6.07) is 3.64. The van der Waals surface area contributed by atoms with Gasteiger partial charge in [-0.05, 0) is 39.4 Å². The summed E-state index contributed by atoms with van der Waals surface area (Å²) in [5.41, 5.74) is 0.143. The van der Waals surface area contributed by atoms with Gasteiger partial charge in [0.2, 0.25) is 5.91 Å². The molecule has 0 aliphatic rings. The Kier molecular flexibility index (Phi) is 4.69. The van der Waals surface area contributed by atoms with Crippen molar-refractivity contribution in [2.75, 3.05) is 5.32 Å². The number of pyridine rings is 1. The molecule has 4 heteroatoms. The average molecular weight is 299 g/mol. The third-order valence-electron chi connectivity index (χ3n) is 2.96. The van der Waals surface area contributed by atoms with Crippen molar-refractivity contribution in [2.45, 2.75) is 34.1 Å². The summed E-state index contributed by atoms with van der Waals surface area (Å²) in [5, 5.41) is 2.80. The maximum atomic E-state index is 11.8. The van der Waals surface area contributed by atoms with E-state index in [0.29, 0.717) is 18.2 Å². The number of nitrogens with zero attached hydrogens (tertiary/aromatic N) is 1. The van der Waals surface area contributed by atoms with Gasteiger partial charge in [0.15, 0.2) is 0 Å². The Bertz CT molecular complexity index is 381. The van der Waals surface area contributed by atoms with E-state index in [4.69, 9.17) is 0 Å². The molecule has 1 aromatic rings. The molecule has 0 bridgehead atoms. The van der Waals surface area contributed by atoms with Gasteiger partial charge in [-0.1, -0.05) is 27.7 Å². The molecule has 0 aliphatic heterocycles. The lowest BCUT2D eigenvalue weighted by atomic mass is 9.80. The van der Waals surface area contributed by atoms with Gasteiger partial charge in [-0.25, -0.2) is 4.98 Å². The molecule has 1 aromatic heterocycles. The summed E-state index contributed by atoms with van der Waals surface area (Å²) in [6.07, 6.45) is 2.18. The fourth-order valence-corrected chi connectivity index (χ4v) is 1.46. The highest BCUT2D eigenvalue weighted by molar-refractivity contribution is 9.10. The molecule has 0 fully saturated rings. The zero-order valence-electron chi connectivity index (χ0n) is 10.7. The summed E-state index contributed by atoms with van der Waals surface area (Å²) in [4.78, 5) is 15.9. The molecular weight excluding hydrogens is 280 g/mol. The number of anilines is 1. The normalized spacial score (nSPS) is 13.2. The number of halogens is 1. The van der Waals surface area contributed by atoms with Crippen molar-refractivity contribution >= 4 is 27.7 Å². The lowest BCUT2D eigenvalue weighted by Crippen LogP contribution is -2.24. The van der Waals surface area contributed by atoms with E-state index >= 15 is 0 Å². The quantitative estimate of drug-likeness (QED) is 0.921. The van der Waals surface area contributed by atoms with Crippen molar-refractivity contribution in [1.82, 2.24) is 4.98 Å². The van der Waals surface area contributed by atoms with E-state index in [1.165, 1.54) is 0 Å². The van der Waals surface area contributed by atoms with Crippen LogP contribution in [-0.2, 0) is 4.79 Å². The third kappa shape index (κ3) is 4.86. The van der Waals surface area contributed by atoms with Crippen LogP contribution in [0.5, 0.6) is 0 Å². The molecule has 1 unspecified atom stereocenters. The van der Waals surface area contributed by atoms with E-state index in [-0.39, 0.29) is 11.3 Å². The van der Waals surface area contributed by atoms with Crippen LogP contribution in [0, 0.1) is 11.3 Å². The predicted molar refractivity (Wildman–Crippen MR) is 73.8 cm³/mol. The van der Waals surface area contributed by atoms with Gasteiger partial charge in [-0.15, -0.1) is 0 Å². The smallest absolute Gasteiger partial charge is 0.225 e. The number of hydrogen-bond donors (Lipinski definition) is 1. The maximum absolute atomic E-state index is 11.8. The molecule has 3 nitrogen and oxygen atoms in total. The lowest BCUT2D eigenvalue weighted by molar-refractivity contribution is -0.117. The van der Waals surface area contributed by atoms with Gasteiger partial charge in [0, 0.05) is 17.1 Å². The zero-order chi connectivity index (χ0) is 13.1. The van der Waals surface area contributed by atoms with Crippen LogP contribution in [0.15, 0.2) is 22.8 Å². The van der Waals surface area contributed by atoms with E-state index in [2.05, 4.69) is 53.9 Å². The summed E-state index contributed by atoms with van der Waals surface area (Å²) in [6.45, 7) is 8.52. The van der Waals surface area contributed by atoms with Crippen molar-refractivity contribution in [3.8, 4) is 0 Å². The van der Waals surface area contributed by atoms with Crippen molar-refractivity contribution in [3.63, 3.8) is 0 Å². The fraction of sp³-hybridized carbons (Fsp3) is 0.538. The summed E-state index contributed by atoms with van der Waals surface area (Å²) in [5.74, 6) is 0.944. The maximum Gasteiger partial charge on any atom is 0.225 e. The number of carbonyl (C=O) groups is 1. The number of aromatic nitrogens is 1. The molecule has 1 atom stereocenters. The second-order valence-electron chi connectivity index (χ2n) is 5.38. The van der Waals surface area contributed by atoms with Crippen molar-refractivity contribution in [1.29, 1.82) is 0 Å². The highest BCUT2D eigenvalue weighted by Crippen LogP contribution is 2.28. The highest BCUT2D eigenvalue weighted by Gasteiger charge is 2.22. The van der Waals surface area contributed by atoms with Gasteiger partial charge in [-0.3, -0.25) is 4.79 Å². The van der Waals surface area contributed by atoms with Crippen LogP contribution in [0.25, 0.3) is 0 Å². The van der Waals surface area contributed by atoms with Crippen molar-refractivity contribution in [3.05, 3.63) is 22.8 Å². The molecule has 1 heterocycles. The molecule has 0 saturated heterocycles. The van der Waals surface area contributed by atoms with Gasteiger partial charge in [0.1, 0.15) is 5.82 Å². The molecule has 1 rings (SSSR count). The topological polar surface area (TPSA) is 42.0 Å². The zero-order valence-corrected chi connectivity index (χ0v) is 12.3. The van der Waals surface area contributed by atoms with Gasteiger partial charge in [0.05, 0.1) is 0 Å². The second-order valence-corrected chi connectivity index (χ2v) is 6.30. The molecule has 0 aromatic carbocycles. The van der Waals surface area contributed by atoms with Crippen molar-refractivity contribution < 1.29 is 4.79 Å². The van der Waals surface area contributed by atoms with Gasteiger partial charge in [0.25, 0.3) is 0 Å². The molecule has 94 valence electrons. The first kappa shape index (κ1) is 14.2. The lowest BCUT2D eigenvalue weighted by Gasteiger charge is -2.26. The molecular formula is C13H19BrN2O. The SMILES string of the molecule is CC(CC(=O)Nc1ccc(Br)cn1)C(C)(C)C. The van der Waals surface area contributed by atoms with Crippen LogP contribution in [0.4, 0.5) is 5.82 Å². The first-order chi connectivity index (χ1) is 7.79. The number of amides is 1. The van der Waals surface area contributed by atoms with Gasteiger partial charge >= 0.3 is 0 Å². The Labute approximate surface area is 111 Å². The molecule has 0 spiro atoms. The molecule has 0 radical (unpaired) electrons. The van der Waals surface area contributed by atoms with E-state index in [1.54, 1.807) is 12.3 Å². The largest absolute Gasteiger partial charge is 0.311 e. The Hall–Kier alpha value is -0.900. The van der Waals surface area contributed by atoms with Gasteiger partial charge in [-0.2, -0.15) is 0 Å². The first-order valence-corrected chi connectivity index (χ1v) is 6.50. The number of carbonyl (C=O) groups excluding carboxylic acids is 1. The van der Waals surface area contributed by atoms with E-state index < -0.39 is 0 Å². The van der Waals surface area contributed by atoms with E-state index in [1.807, 2.05) is 6.07 Å². The number of rotatable bonds is 3. The number of hydrogen-bond acceptors (Lipinski definition) is 2. The predicted octanol–water partition coefficient (Wildman–Crippen LogP) is 3.85. The molecule has 0 aliphatic carbocycles. The van der Waals surface area contributed by atoms with Crippen LogP contribution in [0.3, 0.4) is 0 Å². The Morgan fingerprint density at radius 3 is 2.59 bits per heavy atom. The Balaban J connectivity index is 2.53. The standard InChI is InChI=1S/C13H19BrN2O/c1-9(13(2,3)4)7-12(17)16-11-6-5-10(14)8-15-11/h5-6,8-9H,7H2,1-4H3,(H,15,16,17). The van der Waals surface area contributed by atoms with E-state index in [0.717, 1.165) is 4.47 Å². The summed E-state index contributed by atoms with van der Waals surface area (Å²) >= 11 is 3.30. The second kappa shape index (κ2) is 5.63. The molecule has 1 amide bonds. The van der Waals surface area contributed by atoms with Gasteiger partial charge < -0.3 is 5.32 Å². The summed E-state index contributed by atoms with van der Waals surface area (Å²) < 4.78 is 0.901. The van der Waals surface area contributed by atoms with Crippen LogP contribution in [0.1, 0.15) is 34.1 Å². The monoisotopic (exact) mass is 298 g/mol. The molecule has 0 saturated carbocycles. The Morgan fingerprint density at radius 2 is 2.12 bits per heavy atom. The van der Waals surface area contributed by atoms with Crippen LogP contribution < -0.4 is 5.32 Å². The van der Waals surface area contributed by atoms with Crippen molar-refractivity contribution in [2.24, 2.45) is 11.3 Å². The summed E-state index contributed by atoms with van der Waals surface area (Å²) in [7, 11) is 0. The minimum Gasteiger partial charge on any atom is -0.311 e. The Morgan fingerprint density at radius 1 is 1.47 bits per heavy atom.